The molecule has 0 saturated carbocycles. The molecular formula is C20H28ClN3O3. The first-order valence-electron chi connectivity index (χ1n) is 9.62. The van der Waals surface area contributed by atoms with Crippen LogP contribution in [0, 0.1) is 0 Å². The van der Waals surface area contributed by atoms with E-state index in [4.69, 9.17) is 16.3 Å². The number of likely N-dealkylation sites (tertiary alicyclic amines) is 1. The van der Waals surface area contributed by atoms with Gasteiger partial charge >= 0.3 is 0 Å². The number of carbonyl (C=O) groups is 2. The summed E-state index contributed by atoms with van der Waals surface area (Å²) in [5.74, 6) is 0.339. The van der Waals surface area contributed by atoms with Crippen LogP contribution in [0.2, 0.25) is 5.02 Å². The standard InChI is InChI=1S/C20H28ClN3O3/c1-27-14-13-24-10-7-18(20(24)26)22-8-2-9-23(12-11-22)19(25)15-16-3-5-17(21)6-4-16/h3-6,18H,2,7-15H2,1H3. The fourth-order valence-corrected chi connectivity index (χ4v) is 4.00. The third-order valence-corrected chi connectivity index (χ3v) is 5.68. The quantitative estimate of drug-likeness (QED) is 0.737. The van der Waals surface area contributed by atoms with Gasteiger partial charge < -0.3 is 14.5 Å². The van der Waals surface area contributed by atoms with Crippen molar-refractivity contribution in [3.63, 3.8) is 0 Å². The van der Waals surface area contributed by atoms with Crippen LogP contribution >= 0.6 is 11.6 Å². The fourth-order valence-electron chi connectivity index (χ4n) is 3.87. The lowest BCUT2D eigenvalue weighted by Gasteiger charge is -2.26. The van der Waals surface area contributed by atoms with Crippen molar-refractivity contribution >= 4 is 23.4 Å². The molecule has 2 aliphatic rings. The number of methoxy groups -OCH3 is 1. The van der Waals surface area contributed by atoms with Gasteiger partial charge in [-0.05, 0) is 30.5 Å². The normalized spacial score (nSPS) is 21.6. The molecule has 7 heteroatoms. The van der Waals surface area contributed by atoms with E-state index in [0.29, 0.717) is 31.1 Å². The Balaban J connectivity index is 1.52. The van der Waals surface area contributed by atoms with Gasteiger partial charge in [0.05, 0.1) is 19.1 Å². The van der Waals surface area contributed by atoms with E-state index in [-0.39, 0.29) is 17.9 Å². The SMILES string of the molecule is COCCN1CCC(N2CCCN(C(=O)Cc3ccc(Cl)cc3)CC2)C1=O. The molecule has 1 atom stereocenters. The Hall–Kier alpha value is -1.63. The fraction of sp³-hybridized carbons (Fsp3) is 0.600. The minimum absolute atomic E-state index is 0.0480. The topological polar surface area (TPSA) is 53.1 Å². The van der Waals surface area contributed by atoms with E-state index in [1.54, 1.807) is 7.11 Å². The Bertz CT molecular complexity index is 652. The first kappa shape index (κ1) is 20.1. The van der Waals surface area contributed by atoms with Gasteiger partial charge in [-0.25, -0.2) is 0 Å². The maximum atomic E-state index is 12.7. The summed E-state index contributed by atoms with van der Waals surface area (Å²) in [6.45, 7) is 5.06. The van der Waals surface area contributed by atoms with Gasteiger partial charge in [-0.1, -0.05) is 23.7 Å². The largest absolute Gasteiger partial charge is 0.383 e. The van der Waals surface area contributed by atoms with Crippen molar-refractivity contribution in [1.29, 1.82) is 0 Å². The van der Waals surface area contributed by atoms with Crippen LogP contribution in [0.3, 0.4) is 0 Å². The molecule has 0 aromatic heterocycles. The lowest BCUT2D eigenvalue weighted by atomic mass is 10.1. The van der Waals surface area contributed by atoms with Gasteiger partial charge in [0.2, 0.25) is 11.8 Å². The van der Waals surface area contributed by atoms with Gasteiger partial charge in [-0.3, -0.25) is 14.5 Å². The van der Waals surface area contributed by atoms with Crippen LogP contribution in [0.5, 0.6) is 0 Å². The van der Waals surface area contributed by atoms with E-state index in [0.717, 1.165) is 44.6 Å². The van der Waals surface area contributed by atoms with Crippen molar-refractivity contribution in [2.75, 3.05) is 53.0 Å². The molecule has 2 saturated heterocycles. The van der Waals surface area contributed by atoms with Crippen LogP contribution in [0.15, 0.2) is 24.3 Å². The molecule has 0 bridgehead atoms. The number of ether oxygens (including phenoxy) is 1. The van der Waals surface area contributed by atoms with Crippen molar-refractivity contribution < 1.29 is 14.3 Å². The van der Waals surface area contributed by atoms with Gasteiger partial charge in [0.1, 0.15) is 0 Å². The predicted octanol–water partition coefficient (Wildman–Crippen LogP) is 1.66. The summed E-state index contributed by atoms with van der Waals surface area (Å²) < 4.78 is 5.09. The summed E-state index contributed by atoms with van der Waals surface area (Å²) in [6, 6.07) is 7.38. The first-order chi connectivity index (χ1) is 13.1. The van der Waals surface area contributed by atoms with Crippen molar-refractivity contribution in [3.8, 4) is 0 Å². The van der Waals surface area contributed by atoms with Gasteiger partial charge in [0.15, 0.2) is 0 Å². The number of hydrogen-bond donors (Lipinski definition) is 0. The summed E-state index contributed by atoms with van der Waals surface area (Å²) in [4.78, 5) is 31.4. The molecule has 0 aliphatic carbocycles. The molecule has 2 fully saturated rings. The monoisotopic (exact) mass is 393 g/mol. The number of rotatable bonds is 6. The zero-order chi connectivity index (χ0) is 19.2. The molecule has 0 radical (unpaired) electrons. The highest BCUT2D eigenvalue weighted by molar-refractivity contribution is 6.30. The average Bonchev–Trinajstić information content (AvgIpc) is 2.87. The zero-order valence-electron chi connectivity index (χ0n) is 15.9. The van der Waals surface area contributed by atoms with Crippen LogP contribution in [0.4, 0.5) is 0 Å². The van der Waals surface area contributed by atoms with E-state index in [9.17, 15) is 9.59 Å². The van der Waals surface area contributed by atoms with Crippen LogP contribution in [0.25, 0.3) is 0 Å². The molecule has 2 heterocycles. The zero-order valence-corrected chi connectivity index (χ0v) is 16.7. The van der Waals surface area contributed by atoms with Crippen molar-refractivity contribution in [2.45, 2.75) is 25.3 Å². The minimum atomic E-state index is -0.0480. The number of carbonyl (C=O) groups excluding carboxylic acids is 2. The Morgan fingerprint density at radius 3 is 2.67 bits per heavy atom. The van der Waals surface area contributed by atoms with Gasteiger partial charge in [0.25, 0.3) is 0 Å². The summed E-state index contributed by atoms with van der Waals surface area (Å²) in [7, 11) is 1.66. The summed E-state index contributed by atoms with van der Waals surface area (Å²) in [5.41, 5.74) is 0.977. The molecule has 6 nitrogen and oxygen atoms in total. The number of nitrogens with zero attached hydrogens (tertiary/aromatic N) is 3. The van der Waals surface area contributed by atoms with Crippen LogP contribution in [0.1, 0.15) is 18.4 Å². The third kappa shape index (κ3) is 5.21. The van der Waals surface area contributed by atoms with E-state index in [1.165, 1.54) is 0 Å². The van der Waals surface area contributed by atoms with Crippen LogP contribution in [-0.4, -0.2) is 85.5 Å². The predicted molar refractivity (Wildman–Crippen MR) is 105 cm³/mol. The van der Waals surface area contributed by atoms with E-state index >= 15 is 0 Å². The molecule has 1 aromatic rings. The third-order valence-electron chi connectivity index (χ3n) is 5.43. The van der Waals surface area contributed by atoms with Gasteiger partial charge in [0, 0.05) is 51.4 Å². The molecule has 2 aliphatic heterocycles. The number of halogens is 1. The summed E-state index contributed by atoms with van der Waals surface area (Å²) in [5, 5.41) is 0.678. The van der Waals surface area contributed by atoms with E-state index < -0.39 is 0 Å². The molecule has 0 spiro atoms. The van der Waals surface area contributed by atoms with Crippen molar-refractivity contribution in [3.05, 3.63) is 34.9 Å². The Morgan fingerprint density at radius 1 is 1.15 bits per heavy atom. The Morgan fingerprint density at radius 2 is 1.93 bits per heavy atom. The van der Waals surface area contributed by atoms with Crippen LogP contribution < -0.4 is 0 Å². The lowest BCUT2D eigenvalue weighted by molar-refractivity contribution is -0.132. The minimum Gasteiger partial charge on any atom is -0.383 e. The highest BCUT2D eigenvalue weighted by atomic mass is 35.5. The highest BCUT2D eigenvalue weighted by Gasteiger charge is 2.36. The maximum Gasteiger partial charge on any atom is 0.240 e. The van der Waals surface area contributed by atoms with E-state index in [2.05, 4.69) is 4.90 Å². The average molecular weight is 394 g/mol. The number of benzene rings is 1. The molecule has 1 unspecified atom stereocenters. The van der Waals surface area contributed by atoms with E-state index in [1.807, 2.05) is 34.1 Å². The molecule has 1 aromatic carbocycles. The molecule has 0 N–H and O–H groups in total. The second kappa shape index (κ2) is 9.53. The van der Waals surface area contributed by atoms with Gasteiger partial charge in [-0.15, -0.1) is 0 Å². The second-order valence-electron chi connectivity index (χ2n) is 7.20. The molecule has 148 valence electrons. The summed E-state index contributed by atoms with van der Waals surface area (Å²) >= 11 is 5.91. The lowest BCUT2D eigenvalue weighted by Crippen LogP contribution is -2.44. The van der Waals surface area contributed by atoms with Gasteiger partial charge in [-0.2, -0.15) is 0 Å². The second-order valence-corrected chi connectivity index (χ2v) is 7.63. The Labute approximate surface area is 166 Å². The molecule has 3 rings (SSSR count). The smallest absolute Gasteiger partial charge is 0.240 e. The molecule has 2 amide bonds. The van der Waals surface area contributed by atoms with Crippen molar-refractivity contribution in [2.24, 2.45) is 0 Å². The molecular weight excluding hydrogens is 366 g/mol. The van der Waals surface area contributed by atoms with Crippen molar-refractivity contribution in [1.82, 2.24) is 14.7 Å². The first-order valence-corrected chi connectivity index (χ1v) is 10.0. The highest BCUT2D eigenvalue weighted by Crippen LogP contribution is 2.19. The summed E-state index contributed by atoms with van der Waals surface area (Å²) in [6.07, 6.45) is 2.15. The Kier molecular flexibility index (Phi) is 7.10. The van der Waals surface area contributed by atoms with Crippen LogP contribution in [-0.2, 0) is 20.7 Å². The number of hydrogen-bond acceptors (Lipinski definition) is 4. The maximum absolute atomic E-state index is 12.7. The molecule has 27 heavy (non-hydrogen) atoms. The number of amides is 2.